The fraction of sp³-hybridized carbons (Fsp3) is 0.308. The Morgan fingerprint density at radius 3 is 2.62 bits per heavy atom. The van der Waals surface area contributed by atoms with Crippen LogP contribution in [0, 0.1) is 0 Å². The number of fused-ring (bicyclic) bond motifs is 1. The maximum absolute atomic E-state index is 9.93. The highest BCUT2D eigenvalue weighted by atomic mass is 16.5. The lowest BCUT2D eigenvalue weighted by Crippen LogP contribution is -2.15. The summed E-state index contributed by atoms with van der Waals surface area (Å²) in [6, 6.07) is 7.69. The zero-order chi connectivity index (χ0) is 11.8. The van der Waals surface area contributed by atoms with Crippen LogP contribution < -0.4 is 4.74 Å². The Hall–Kier alpha value is -1.61. The Morgan fingerprint density at radius 1 is 1.25 bits per heavy atom. The summed E-state index contributed by atoms with van der Waals surface area (Å²) in [4.78, 5) is 4.13. The summed E-state index contributed by atoms with van der Waals surface area (Å²) in [5.41, 5.74) is 0.0540. The number of benzene rings is 1. The second-order valence-electron chi connectivity index (χ2n) is 4.32. The van der Waals surface area contributed by atoms with E-state index in [0.717, 1.165) is 16.3 Å². The van der Waals surface area contributed by atoms with Crippen molar-refractivity contribution in [3.05, 3.63) is 36.0 Å². The molecule has 3 heteroatoms. The van der Waals surface area contributed by atoms with Gasteiger partial charge in [-0.15, -0.1) is 0 Å². The van der Waals surface area contributed by atoms with Crippen molar-refractivity contribution >= 4 is 10.8 Å². The number of methoxy groups -OCH3 is 1. The van der Waals surface area contributed by atoms with Gasteiger partial charge >= 0.3 is 0 Å². The van der Waals surface area contributed by atoms with E-state index in [1.165, 1.54) is 0 Å². The van der Waals surface area contributed by atoms with Gasteiger partial charge in [-0.3, -0.25) is 0 Å². The van der Waals surface area contributed by atoms with Crippen molar-refractivity contribution < 1.29 is 9.84 Å². The van der Waals surface area contributed by atoms with E-state index in [2.05, 4.69) is 4.98 Å². The topological polar surface area (TPSA) is 42.4 Å². The summed E-state index contributed by atoms with van der Waals surface area (Å²) in [6.45, 7) is 3.54. The molecule has 2 aromatic rings. The van der Waals surface area contributed by atoms with E-state index in [9.17, 15) is 5.11 Å². The molecule has 0 saturated carbocycles. The van der Waals surface area contributed by atoms with Crippen molar-refractivity contribution in [2.75, 3.05) is 7.11 Å². The zero-order valence-corrected chi connectivity index (χ0v) is 9.69. The first-order valence-electron chi connectivity index (χ1n) is 5.18. The van der Waals surface area contributed by atoms with E-state index in [1.807, 2.05) is 24.3 Å². The van der Waals surface area contributed by atoms with Crippen LogP contribution in [0.2, 0.25) is 0 Å². The van der Waals surface area contributed by atoms with Gasteiger partial charge in [0.2, 0.25) is 5.88 Å². The van der Waals surface area contributed by atoms with Gasteiger partial charge in [-0.25, -0.2) is 4.98 Å². The van der Waals surface area contributed by atoms with Crippen LogP contribution in [0.15, 0.2) is 30.5 Å². The average molecular weight is 217 g/mol. The van der Waals surface area contributed by atoms with Gasteiger partial charge in [-0.05, 0) is 43.0 Å². The van der Waals surface area contributed by atoms with Crippen molar-refractivity contribution in [3.63, 3.8) is 0 Å². The molecule has 0 fully saturated rings. The van der Waals surface area contributed by atoms with Crippen molar-refractivity contribution in [1.29, 1.82) is 0 Å². The van der Waals surface area contributed by atoms with Crippen LogP contribution in [-0.2, 0) is 5.60 Å². The van der Waals surface area contributed by atoms with Gasteiger partial charge < -0.3 is 9.84 Å². The molecule has 1 heterocycles. The quantitative estimate of drug-likeness (QED) is 0.840. The lowest BCUT2D eigenvalue weighted by Gasteiger charge is -2.18. The van der Waals surface area contributed by atoms with Crippen molar-refractivity contribution in [2.45, 2.75) is 19.4 Å². The Labute approximate surface area is 94.7 Å². The van der Waals surface area contributed by atoms with Crippen molar-refractivity contribution in [1.82, 2.24) is 4.98 Å². The summed E-state index contributed by atoms with van der Waals surface area (Å²) < 4.78 is 5.18. The van der Waals surface area contributed by atoms with Crippen LogP contribution in [0.5, 0.6) is 5.88 Å². The number of aromatic nitrogens is 1. The van der Waals surface area contributed by atoms with Gasteiger partial charge in [0, 0.05) is 11.6 Å². The van der Waals surface area contributed by atoms with E-state index in [-0.39, 0.29) is 0 Å². The highest BCUT2D eigenvalue weighted by molar-refractivity contribution is 5.87. The maximum atomic E-state index is 9.93. The maximum Gasteiger partial charge on any atom is 0.221 e. The number of aliphatic hydroxyl groups is 1. The third-order valence-electron chi connectivity index (χ3n) is 2.63. The molecule has 1 aromatic heterocycles. The molecule has 0 amide bonds. The fourth-order valence-electron chi connectivity index (χ4n) is 1.69. The highest BCUT2D eigenvalue weighted by Gasteiger charge is 2.16. The lowest BCUT2D eigenvalue weighted by atomic mass is 9.96. The van der Waals surface area contributed by atoms with E-state index in [0.29, 0.717) is 5.88 Å². The standard InChI is InChI=1S/C13H15NO2/c1-13(2,15)10-4-5-11-9(8-10)6-7-14-12(11)16-3/h4-8,15H,1-3H3. The number of ether oxygens (including phenoxy) is 1. The molecule has 2 rings (SSSR count). The molecule has 0 spiro atoms. The Kier molecular flexibility index (Phi) is 2.56. The summed E-state index contributed by atoms with van der Waals surface area (Å²) in [6.07, 6.45) is 1.70. The lowest BCUT2D eigenvalue weighted by molar-refractivity contribution is 0.0787. The Balaban J connectivity index is 2.64. The normalized spacial score (nSPS) is 11.8. The number of pyridine rings is 1. The summed E-state index contributed by atoms with van der Waals surface area (Å²) >= 11 is 0. The summed E-state index contributed by atoms with van der Waals surface area (Å²) in [5.74, 6) is 0.611. The van der Waals surface area contributed by atoms with Gasteiger partial charge in [0.15, 0.2) is 0 Å². The Bertz CT molecular complexity index is 515. The minimum Gasteiger partial charge on any atom is -0.481 e. The minimum atomic E-state index is -0.829. The first kappa shape index (κ1) is 10.9. The van der Waals surface area contributed by atoms with Crippen molar-refractivity contribution in [3.8, 4) is 5.88 Å². The number of hydrogen-bond acceptors (Lipinski definition) is 3. The van der Waals surface area contributed by atoms with Gasteiger partial charge in [0.05, 0.1) is 12.7 Å². The van der Waals surface area contributed by atoms with Crippen LogP contribution in [0.1, 0.15) is 19.4 Å². The highest BCUT2D eigenvalue weighted by Crippen LogP contribution is 2.27. The zero-order valence-electron chi connectivity index (χ0n) is 9.69. The first-order valence-corrected chi connectivity index (χ1v) is 5.18. The van der Waals surface area contributed by atoms with E-state index >= 15 is 0 Å². The second-order valence-corrected chi connectivity index (χ2v) is 4.32. The van der Waals surface area contributed by atoms with Crippen LogP contribution in [-0.4, -0.2) is 17.2 Å². The molecule has 16 heavy (non-hydrogen) atoms. The monoisotopic (exact) mass is 217 g/mol. The van der Waals surface area contributed by atoms with E-state index < -0.39 is 5.60 Å². The van der Waals surface area contributed by atoms with E-state index in [4.69, 9.17) is 4.74 Å². The molecule has 0 radical (unpaired) electrons. The van der Waals surface area contributed by atoms with Gasteiger partial charge in [0.25, 0.3) is 0 Å². The molecule has 0 aliphatic rings. The minimum absolute atomic E-state index is 0.611. The fourth-order valence-corrected chi connectivity index (χ4v) is 1.69. The molecule has 0 aliphatic heterocycles. The van der Waals surface area contributed by atoms with Gasteiger partial charge in [0.1, 0.15) is 0 Å². The molecular weight excluding hydrogens is 202 g/mol. The molecule has 0 atom stereocenters. The predicted molar refractivity (Wildman–Crippen MR) is 63.5 cm³/mol. The third-order valence-corrected chi connectivity index (χ3v) is 2.63. The molecule has 0 bridgehead atoms. The number of rotatable bonds is 2. The number of nitrogens with zero attached hydrogens (tertiary/aromatic N) is 1. The average Bonchev–Trinajstić information content (AvgIpc) is 2.26. The van der Waals surface area contributed by atoms with Crippen LogP contribution in [0.3, 0.4) is 0 Å². The first-order chi connectivity index (χ1) is 7.52. The molecule has 84 valence electrons. The van der Waals surface area contributed by atoms with Gasteiger partial charge in [-0.1, -0.05) is 6.07 Å². The SMILES string of the molecule is COc1nccc2cc(C(C)(C)O)ccc12. The molecule has 0 unspecified atom stereocenters. The third kappa shape index (κ3) is 1.86. The van der Waals surface area contributed by atoms with E-state index in [1.54, 1.807) is 27.2 Å². The van der Waals surface area contributed by atoms with Crippen molar-refractivity contribution in [2.24, 2.45) is 0 Å². The van der Waals surface area contributed by atoms with Crippen LogP contribution >= 0.6 is 0 Å². The van der Waals surface area contributed by atoms with Gasteiger partial charge in [-0.2, -0.15) is 0 Å². The molecule has 3 nitrogen and oxygen atoms in total. The predicted octanol–water partition coefficient (Wildman–Crippen LogP) is 2.47. The summed E-state index contributed by atoms with van der Waals surface area (Å²) in [5, 5.41) is 11.9. The Morgan fingerprint density at radius 2 is 2.00 bits per heavy atom. The van der Waals surface area contributed by atoms with Crippen LogP contribution in [0.25, 0.3) is 10.8 Å². The largest absolute Gasteiger partial charge is 0.481 e. The molecular formula is C13H15NO2. The smallest absolute Gasteiger partial charge is 0.221 e. The van der Waals surface area contributed by atoms with Crippen LogP contribution in [0.4, 0.5) is 0 Å². The second kappa shape index (κ2) is 3.76. The summed E-state index contributed by atoms with van der Waals surface area (Å²) in [7, 11) is 1.60. The number of hydrogen-bond donors (Lipinski definition) is 1. The molecule has 1 N–H and O–H groups in total. The molecule has 1 aromatic carbocycles. The molecule has 0 aliphatic carbocycles. The molecule has 0 saturated heterocycles.